The lowest BCUT2D eigenvalue weighted by Gasteiger charge is -2.20. The van der Waals surface area contributed by atoms with Crippen LogP contribution in [0.4, 0.5) is 4.39 Å². The Morgan fingerprint density at radius 2 is 1.66 bits per heavy atom. The fraction of sp³-hybridized carbons (Fsp3) is 0.265. The number of halogens is 1. The van der Waals surface area contributed by atoms with Gasteiger partial charge in [-0.2, -0.15) is 0 Å². The summed E-state index contributed by atoms with van der Waals surface area (Å²) in [6.45, 7) is 5.20. The van der Waals surface area contributed by atoms with E-state index in [0.29, 0.717) is 35.4 Å². The average molecular weight is 571 g/mol. The Morgan fingerprint density at radius 3 is 2.37 bits per heavy atom. The number of hydrogen-bond acceptors (Lipinski definition) is 5. The summed E-state index contributed by atoms with van der Waals surface area (Å²) < 4.78 is 22.5. The van der Waals surface area contributed by atoms with E-state index in [1.165, 1.54) is 23.0 Å². The predicted molar refractivity (Wildman–Crippen MR) is 165 cm³/mol. The number of ether oxygens (including phenoxy) is 1. The van der Waals surface area contributed by atoms with E-state index in [-0.39, 0.29) is 23.7 Å². The zero-order valence-electron chi connectivity index (χ0n) is 23.8. The Hall–Kier alpha value is -3.78. The zero-order valence-corrected chi connectivity index (χ0v) is 24.6. The van der Waals surface area contributed by atoms with Crippen LogP contribution < -0.4 is 10.2 Å². The number of pyridine rings is 1. The number of fused-ring (bicyclic) bond motifs is 1. The van der Waals surface area contributed by atoms with Crippen molar-refractivity contribution in [1.82, 2.24) is 9.47 Å². The molecule has 0 aliphatic heterocycles. The maximum Gasteiger partial charge on any atom is 0.196 e. The van der Waals surface area contributed by atoms with Crippen LogP contribution in [0.1, 0.15) is 42.2 Å². The molecule has 0 aliphatic carbocycles. The first-order chi connectivity index (χ1) is 19.8. The maximum absolute atomic E-state index is 14.8. The van der Waals surface area contributed by atoms with Gasteiger partial charge in [-0.05, 0) is 42.3 Å². The molecule has 0 aliphatic rings. The highest BCUT2D eigenvalue weighted by Gasteiger charge is 2.26. The number of nitrogens with zero attached hydrogens (tertiary/aromatic N) is 2. The molecule has 0 bridgehead atoms. The molecule has 0 amide bonds. The number of rotatable bonds is 10. The number of aliphatic hydroxyl groups excluding tert-OH is 1. The third kappa shape index (κ3) is 5.98. The number of hydrogen-bond donors (Lipinski definition) is 1. The average Bonchev–Trinajstić information content (AvgIpc) is 3.35. The molecular weight excluding hydrogens is 535 g/mol. The second-order valence-electron chi connectivity index (χ2n) is 10.8. The van der Waals surface area contributed by atoms with Crippen molar-refractivity contribution >= 4 is 21.6 Å². The first-order valence-corrected chi connectivity index (χ1v) is 14.6. The van der Waals surface area contributed by atoms with Crippen LogP contribution in [0.3, 0.4) is 0 Å². The van der Waals surface area contributed by atoms with E-state index in [0.717, 1.165) is 20.8 Å². The number of benzene rings is 3. The Morgan fingerprint density at radius 1 is 0.976 bits per heavy atom. The molecule has 0 radical (unpaired) electrons. The summed E-state index contributed by atoms with van der Waals surface area (Å²) in [6.07, 6.45) is 0.755. The standard InChI is InChI=1S/C34H35FN2O3S/c1-22(2)31(38)27-21-37(19-24-14-8-10-16-28(24)35)34-30(32(27)39)26(20-36(3)18-23-12-6-5-7-13-23)33(41-34)25-15-9-11-17-29(25)40-4/h5-17,21-22,31,38H,18-20H2,1-4H3. The lowest BCUT2D eigenvalue weighted by Crippen LogP contribution is -2.22. The molecule has 0 spiro atoms. The van der Waals surface area contributed by atoms with Crippen molar-refractivity contribution in [2.24, 2.45) is 5.92 Å². The van der Waals surface area contributed by atoms with Crippen molar-refractivity contribution in [1.29, 1.82) is 0 Å². The summed E-state index contributed by atoms with van der Waals surface area (Å²) in [5, 5.41) is 11.7. The van der Waals surface area contributed by atoms with Crippen LogP contribution in [-0.4, -0.2) is 28.7 Å². The van der Waals surface area contributed by atoms with Crippen LogP contribution in [0.5, 0.6) is 5.75 Å². The van der Waals surface area contributed by atoms with Gasteiger partial charge in [-0.1, -0.05) is 74.5 Å². The summed E-state index contributed by atoms with van der Waals surface area (Å²) in [7, 11) is 3.68. The van der Waals surface area contributed by atoms with Gasteiger partial charge in [0.1, 0.15) is 16.4 Å². The summed E-state index contributed by atoms with van der Waals surface area (Å²) >= 11 is 1.50. The van der Waals surface area contributed by atoms with Crippen LogP contribution in [0, 0.1) is 11.7 Å². The number of aliphatic hydroxyl groups is 1. The minimum absolute atomic E-state index is 0.168. The monoisotopic (exact) mass is 570 g/mol. The van der Waals surface area contributed by atoms with Crippen molar-refractivity contribution in [2.45, 2.75) is 39.6 Å². The van der Waals surface area contributed by atoms with Gasteiger partial charge in [0.25, 0.3) is 0 Å². The van der Waals surface area contributed by atoms with Crippen molar-refractivity contribution in [3.8, 4) is 16.2 Å². The molecule has 2 aromatic heterocycles. The Balaban J connectivity index is 1.77. The van der Waals surface area contributed by atoms with Crippen molar-refractivity contribution in [3.05, 3.63) is 123 Å². The molecule has 7 heteroatoms. The molecule has 0 saturated carbocycles. The molecule has 0 fully saturated rings. The normalized spacial score (nSPS) is 12.4. The summed E-state index contributed by atoms with van der Waals surface area (Å²) in [4.78, 5) is 18.1. The number of thiophene rings is 1. The van der Waals surface area contributed by atoms with E-state index < -0.39 is 6.10 Å². The minimum atomic E-state index is -0.955. The van der Waals surface area contributed by atoms with Crippen molar-refractivity contribution in [2.75, 3.05) is 14.2 Å². The van der Waals surface area contributed by atoms with Crippen LogP contribution in [0.25, 0.3) is 20.7 Å². The quantitative estimate of drug-likeness (QED) is 0.192. The van der Waals surface area contributed by atoms with Crippen LogP contribution in [0.2, 0.25) is 0 Å². The Labute approximate surface area is 244 Å². The predicted octanol–water partition coefficient (Wildman–Crippen LogP) is 7.25. The molecule has 212 valence electrons. The van der Waals surface area contributed by atoms with E-state index in [1.807, 2.05) is 67.9 Å². The molecule has 1 unspecified atom stereocenters. The smallest absolute Gasteiger partial charge is 0.196 e. The molecular formula is C34H35FN2O3S. The molecule has 1 N–H and O–H groups in total. The fourth-order valence-electron chi connectivity index (χ4n) is 5.24. The molecule has 5 aromatic rings. The van der Waals surface area contributed by atoms with E-state index in [4.69, 9.17) is 4.74 Å². The Kier molecular flexibility index (Phi) is 8.68. The lowest BCUT2D eigenvalue weighted by molar-refractivity contribution is 0.125. The van der Waals surface area contributed by atoms with Crippen molar-refractivity contribution in [3.63, 3.8) is 0 Å². The van der Waals surface area contributed by atoms with Gasteiger partial charge in [0.05, 0.1) is 25.1 Å². The van der Waals surface area contributed by atoms with E-state index in [9.17, 15) is 14.3 Å². The Bertz CT molecular complexity index is 1710. The fourth-order valence-corrected chi connectivity index (χ4v) is 6.55. The third-order valence-electron chi connectivity index (χ3n) is 7.36. The van der Waals surface area contributed by atoms with Gasteiger partial charge >= 0.3 is 0 Å². The first-order valence-electron chi connectivity index (χ1n) is 13.7. The minimum Gasteiger partial charge on any atom is -0.496 e. The van der Waals surface area contributed by atoms with E-state index >= 15 is 0 Å². The highest BCUT2D eigenvalue weighted by molar-refractivity contribution is 7.22. The van der Waals surface area contributed by atoms with Gasteiger partial charge in [0, 0.05) is 40.9 Å². The topological polar surface area (TPSA) is 54.7 Å². The van der Waals surface area contributed by atoms with E-state index in [2.05, 4.69) is 17.0 Å². The molecule has 1 atom stereocenters. The summed E-state index contributed by atoms with van der Waals surface area (Å²) in [5.74, 6) is 0.231. The van der Waals surface area contributed by atoms with Gasteiger partial charge in [0.15, 0.2) is 5.43 Å². The SMILES string of the molecule is COc1ccccc1-c1sc2c(c1CN(C)Cc1ccccc1)c(=O)c(C(O)C(C)C)cn2Cc1ccccc1F. The van der Waals surface area contributed by atoms with Gasteiger partial charge in [-0.25, -0.2) is 4.39 Å². The van der Waals surface area contributed by atoms with Gasteiger partial charge in [0.2, 0.25) is 0 Å². The molecule has 5 rings (SSSR count). The lowest BCUT2D eigenvalue weighted by atomic mass is 9.97. The van der Waals surface area contributed by atoms with Gasteiger partial charge < -0.3 is 14.4 Å². The summed E-state index contributed by atoms with van der Waals surface area (Å²) in [5.41, 5.74) is 3.57. The molecule has 5 nitrogen and oxygen atoms in total. The second kappa shape index (κ2) is 12.4. The number of para-hydroxylation sites is 1. The first kappa shape index (κ1) is 28.7. The number of aromatic nitrogens is 1. The number of methoxy groups -OCH3 is 1. The van der Waals surface area contributed by atoms with Crippen LogP contribution in [0.15, 0.2) is 89.9 Å². The third-order valence-corrected chi connectivity index (χ3v) is 8.66. The largest absolute Gasteiger partial charge is 0.496 e. The molecule has 2 heterocycles. The van der Waals surface area contributed by atoms with E-state index in [1.54, 1.807) is 31.5 Å². The van der Waals surface area contributed by atoms with Crippen LogP contribution >= 0.6 is 11.3 Å². The van der Waals surface area contributed by atoms with Gasteiger partial charge in [-0.15, -0.1) is 11.3 Å². The van der Waals surface area contributed by atoms with Crippen molar-refractivity contribution < 1.29 is 14.2 Å². The highest BCUT2D eigenvalue weighted by atomic mass is 32.1. The molecule has 41 heavy (non-hydrogen) atoms. The molecule has 0 saturated heterocycles. The maximum atomic E-state index is 14.8. The van der Waals surface area contributed by atoms with Crippen LogP contribution in [-0.2, 0) is 19.6 Å². The summed E-state index contributed by atoms with van der Waals surface area (Å²) in [6, 6.07) is 24.7. The molecule has 3 aromatic carbocycles. The van der Waals surface area contributed by atoms with Gasteiger partial charge in [-0.3, -0.25) is 9.69 Å². The highest BCUT2D eigenvalue weighted by Crippen LogP contribution is 2.42. The second-order valence-corrected chi connectivity index (χ2v) is 11.8. The zero-order chi connectivity index (χ0) is 29.1.